The molecule has 1 heterocycles. The molecule has 6 nitrogen and oxygen atoms in total. The third-order valence-electron chi connectivity index (χ3n) is 3.24. The minimum absolute atomic E-state index is 0.323. The highest BCUT2D eigenvalue weighted by Gasteiger charge is 2.44. The molecule has 1 saturated heterocycles. The number of hydrogen-bond donors (Lipinski definition) is 0. The van der Waals surface area contributed by atoms with Crippen molar-refractivity contribution in [2.45, 2.75) is 64.7 Å². The van der Waals surface area contributed by atoms with E-state index in [4.69, 9.17) is 14.2 Å². The van der Waals surface area contributed by atoms with Gasteiger partial charge in [-0.15, -0.1) is 0 Å². The second-order valence-electron chi connectivity index (χ2n) is 6.19. The summed E-state index contributed by atoms with van der Waals surface area (Å²) in [6.45, 7) is 8.47. The van der Waals surface area contributed by atoms with Crippen molar-refractivity contribution >= 4 is 12.1 Å². The molecule has 1 fully saturated rings. The molecular formula is C15H27NO5. The smallest absolute Gasteiger partial charge is 0.411 e. The molecule has 0 N–H and O–H groups in total. The lowest BCUT2D eigenvalue weighted by Gasteiger charge is -2.28. The average molecular weight is 301 g/mol. The van der Waals surface area contributed by atoms with E-state index in [0.717, 1.165) is 12.8 Å². The van der Waals surface area contributed by atoms with E-state index in [1.807, 2.05) is 0 Å². The Morgan fingerprint density at radius 3 is 2.48 bits per heavy atom. The molecule has 0 aromatic heterocycles. The molecule has 0 radical (unpaired) electrons. The second-order valence-corrected chi connectivity index (χ2v) is 6.19. The summed E-state index contributed by atoms with van der Waals surface area (Å²) in [5, 5.41) is 0. The zero-order valence-electron chi connectivity index (χ0n) is 13.7. The van der Waals surface area contributed by atoms with E-state index in [1.165, 1.54) is 12.0 Å². The van der Waals surface area contributed by atoms with Crippen LogP contribution in [0.4, 0.5) is 4.79 Å². The zero-order chi connectivity index (χ0) is 16.0. The molecule has 1 amide bonds. The van der Waals surface area contributed by atoms with Crippen LogP contribution in [0.1, 0.15) is 47.0 Å². The van der Waals surface area contributed by atoms with E-state index in [-0.39, 0.29) is 6.10 Å². The van der Waals surface area contributed by atoms with Crippen LogP contribution in [0.15, 0.2) is 0 Å². The Morgan fingerprint density at radius 2 is 1.95 bits per heavy atom. The lowest BCUT2D eigenvalue weighted by atomic mass is 10.1. The monoisotopic (exact) mass is 301 g/mol. The van der Waals surface area contributed by atoms with Gasteiger partial charge in [-0.2, -0.15) is 0 Å². The van der Waals surface area contributed by atoms with E-state index < -0.39 is 23.7 Å². The van der Waals surface area contributed by atoms with Gasteiger partial charge in [0.2, 0.25) is 0 Å². The summed E-state index contributed by atoms with van der Waals surface area (Å²) in [5.74, 6) is -0.458. The van der Waals surface area contributed by atoms with Gasteiger partial charge in [-0.25, -0.2) is 9.59 Å². The fourth-order valence-electron chi connectivity index (χ4n) is 2.24. The number of carbonyl (C=O) groups excluding carboxylic acids is 2. The maximum absolute atomic E-state index is 12.2. The van der Waals surface area contributed by atoms with Gasteiger partial charge in [-0.05, 0) is 33.6 Å². The molecule has 21 heavy (non-hydrogen) atoms. The van der Waals surface area contributed by atoms with Crippen molar-refractivity contribution in [3.05, 3.63) is 0 Å². The van der Waals surface area contributed by atoms with Gasteiger partial charge >= 0.3 is 12.1 Å². The Balaban J connectivity index is 2.74. The zero-order valence-corrected chi connectivity index (χ0v) is 13.7. The number of nitrogens with zero attached hydrogens (tertiary/aromatic N) is 1. The highest BCUT2D eigenvalue weighted by atomic mass is 16.6. The number of rotatable bonds is 5. The first kappa shape index (κ1) is 17.8. The van der Waals surface area contributed by atoms with Crippen LogP contribution >= 0.6 is 0 Å². The van der Waals surface area contributed by atoms with Crippen molar-refractivity contribution < 1.29 is 23.8 Å². The van der Waals surface area contributed by atoms with Crippen molar-refractivity contribution in [3.8, 4) is 0 Å². The molecule has 0 bridgehead atoms. The predicted octanol–water partition coefficient (Wildman–Crippen LogP) is 2.35. The first-order valence-electron chi connectivity index (χ1n) is 7.49. The van der Waals surface area contributed by atoms with Gasteiger partial charge in [-0.1, -0.05) is 13.3 Å². The van der Waals surface area contributed by atoms with Gasteiger partial charge in [0, 0.05) is 13.2 Å². The Kier molecular flexibility index (Phi) is 6.45. The molecule has 1 rings (SSSR count). The fraction of sp³-hybridized carbons (Fsp3) is 0.867. The first-order valence-corrected chi connectivity index (χ1v) is 7.49. The topological polar surface area (TPSA) is 65.1 Å². The van der Waals surface area contributed by atoms with E-state index in [2.05, 4.69) is 6.92 Å². The highest BCUT2D eigenvalue weighted by molar-refractivity contribution is 5.83. The summed E-state index contributed by atoms with van der Waals surface area (Å²) in [5.41, 5.74) is -0.598. The lowest BCUT2D eigenvalue weighted by Crippen LogP contribution is -2.48. The molecule has 0 saturated carbocycles. The quantitative estimate of drug-likeness (QED) is 0.576. The summed E-state index contributed by atoms with van der Waals surface area (Å²) in [6.07, 6.45) is 1.74. The first-order chi connectivity index (χ1) is 9.80. The number of hydrogen-bond acceptors (Lipinski definition) is 5. The van der Waals surface area contributed by atoms with Crippen molar-refractivity contribution in [2.24, 2.45) is 0 Å². The van der Waals surface area contributed by atoms with Gasteiger partial charge < -0.3 is 14.2 Å². The lowest BCUT2D eigenvalue weighted by molar-refractivity contribution is -0.149. The van der Waals surface area contributed by atoms with Crippen LogP contribution in [-0.2, 0) is 19.0 Å². The number of methoxy groups -OCH3 is 1. The maximum Gasteiger partial charge on any atom is 0.411 e. The second kappa shape index (κ2) is 7.64. The normalized spacial score (nSPS) is 22.2. The van der Waals surface area contributed by atoms with Crippen molar-refractivity contribution in [3.63, 3.8) is 0 Å². The Hall–Kier alpha value is -1.30. The van der Waals surface area contributed by atoms with Crippen LogP contribution in [0.3, 0.4) is 0 Å². The fourth-order valence-corrected chi connectivity index (χ4v) is 2.24. The molecular weight excluding hydrogens is 274 g/mol. The summed E-state index contributed by atoms with van der Waals surface area (Å²) >= 11 is 0. The van der Waals surface area contributed by atoms with Gasteiger partial charge in [-0.3, -0.25) is 4.90 Å². The summed E-state index contributed by atoms with van der Waals surface area (Å²) < 4.78 is 15.9. The van der Waals surface area contributed by atoms with Crippen molar-refractivity contribution in [1.29, 1.82) is 0 Å². The number of esters is 1. The number of unbranched alkanes of at least 4 members (excludes halogenated alkanes) is 1. The molecule has 0 spiro atoms. The summed E-state index contributed by atoms with van der Waals surface area (Å²) in [7, 11) is 1.32. The van der Waals surface area contributed by atoms with Crippen LogP contribution in [0, 0.1) is 0 Å². The van der Waals surface area contributed by atoms with Gasteiger partial charge in [0.15, 0.2) is 6.04 Å². The largest absolute Gasteiger partial charge is 0.467 e. The van der Waals surface area contributed by atoms with Crippen molar-refractivity contribution in [2.75, 3.05) is 20.3 Å². The highest BCUT2D eigenvalue weighted by Crippen LogP contribution is 2.25. The molecule has 0 aliphatic carbocycles. The molecule has 6 heteroatoms. The van der Waals surface area contributed by atoms with Gasteiger partial charge in [0.05, 0.1) is 13.2 Å². The molecule has 1 aliphatic rings. The Morgan fingerprint density at radius 1 is 1.29 bits per heavy atom. The molecule has 1 aliphatic heterocycles. The molecule has 0 unspecified atom stereocenters. The molecule has 122 valence electrons. The van der Waals surface area contributed by atoms with E-state index in [9.17, 15) is 9.59 Å². The molecule has 0 aromatic carbocycles. The van der Waals surface area contributed by atoms with Gasteiger partial charge in [0.1, 0.15) is 5.60 Å². The minimum Gasteiger partial charge on any atom is -0.467 e. The third kappa shape index (κ3) is 5.19. The number of amides is 1. The van der Waals surface area contributed by atoms with Crippen LogP contribution in [0.25, 0.3) is 0 Å². The molecule has 0 aromatic rings. The summed E-state index contributed by atoms with van der Waals surface area (Å²) in [4.78, 5) is 25.6. The predicted molar refractivity (Wildman–Crippen MR) is 78.0 cm³/mol. The molecule has 2 atom stereocenters. The standard InChI is InChI=1S/C15H27NO5/c1-6-7-10-20-11-8-9-16(12(11)13(17)19-5)14(18)21-15(2,3)4/h11-12H,6-10H2,1-5H3/t11-,12-/m0/s1. The number of likely N-dealkylation sites (tertiary alicyclic amines) is 1. The maximum atomic E-state index is 12.2. The Bertz CT molecular complexity index is 364. The number of carbonyl (C=O) groups is 2. The average Bonchev–Trinajstić information content (AvgIpc) is 2.80. The van der Waals surface area contributed by atoms with Gasteiger partial charge in [0.25, 0.3) is 0 Å². The van der Waals surface area contributed by atoms with E-state index >= 15 is 0 Å². The van der Waals surface area contributed by atoms with E-state index in [1.54, 1.807) is 20.8 Å². The van der Waals surface area contributed by atoms with Crippen LogP contribution < -0.4 is 0 Å². The van der Waals surface area contributed by atoms with E-state index in [0.29, 0.717) is 19.6 Å². The van der Waals surface area contributed by atoms with Crippen LogP contribution in [-0.4, -0.2) is 55.0 Å². The summed E-state index contributed by atoms with van der Waals surface area (Å²) in [6, 6.07) is -0.721. The third-order valence-corrected chi connectivity index (χ3v) is 3.24. The van der Waals surface area contributed by atoms with Crippen molar-refractivity contribution in [1.82, 2.24) is 4.90 Å². The van der Waals surface area contributed by atoms with Crippen LogP contribution in [0.2, 0.25) is 0 Å². The minimum atomic E-state index is -0.721. The Labute approximate surface area is 126 Å². The SMILES string of the molecule is CCCCO[C@H]1CCN(C(=O)OC(C)(C)C)[C@@H]1C(=O)OC. The number of ether oxygens (including phenoxy) is 3. The van der Waals surface area contributed by atoms with Crippen LogP contribution in [0.5, 0.6) is 0 Å².